The molecule has 3 aromatic carbocycles. The lowest BCUT2D eigenvalue weighted by molar-refractivity contribution is -0.130. The Labute approximate surface area is 235 Å². The minimum absolute atomic E-state index is 0.121. The van der Waals surface area contributed by atoms with Crippen LogP contribution in [0.2, 0.25) is 0 Å². The van der Waals surface area contributed by atoms with E-state index in [2.05, 4.69) is 11.4 Å². The number of amides is 3. The molecule has 0 saturated heterocycles. The van der Waals surface area contributed by atoms with Crippen LogP contribution >= 0.6 is 0 Å². The Morgan fingerprint density at radius 1 is 1.05 bits per heavy atom. The summed E-state index contributed by atoms with van der Waals surface area (Å²) in [6.07, 6.45) is 0.608. The zero-order valence-corrected chi connectivity index (χ0v) is 23.5. The maximum Gasteiger partial charge on any atom is 0.252 e. The molecule has 3 amide bonds. The van der Waals surface area contributed by atoms with E-state index in [0.717, 1.165) is 16.7 Å². The van der Waals surface area contributed by atoms with Gasteiger partial charge in [0.15, 0.2) is 0 Å². The van der Waals surface area contributed by atoms with Crippen molar-refractivity contribution in [2.75, 3.05) is 16.9 Å². The molecule has 206 valence electrons. The lowest BCUT2D eigenvalue weighted by Gasteiger charge is -2.32. The first kappa shape index (κ1) is 28.4. The smallest absolute Gasteiger partial charge is 0.252 e. The lowest BCUT2D eigenvalue weighted by atomic mass is 10.0. The molecule has 0 radical (unpaired) electrons. The van der Waals surface area contributed by atoms with Crippen LogP contribution in [-0.4, -0.2) is 36.9 Å². The number of carbonyl (C=O) groups is 3. The van der Waals surface area contributed by atoms with Gasteiger partial charge in [0.1, 0.15) is 11.8 Å². The zero-order valence-electron chi connectivity index (χ0n) is 23.5. The van der Waals surface area contributed by atoms with Crippen LogP contribution in [0.4, 0.5) is 11.4 Å². The summed E-state index contributed by atoms with van der Waals surface area (Å²) < 4.78 is 5.67. The molecular formula is C32H34N4O4. The Morgan fingerprint density at radius 2 is 1.77 bits per heavy atom. The predicted molar refractivity (Wildman–Crippen MR) is 155 cm³/mol. The average molecular weight is 539 g/mol. The van der Waals surface area contributed by atoms with Crippen molar-refractivity contribution in [3.05, 3.63) is 77.9 Å². The van der Waals surface area contributed by atoms with Gasteiger partial charge in [-0.2, -0.15) is 5.26 Å². The van der Waals surface area contributed by atoms with Gasteiger partial charge in [0.25, 0.3) is 5.91 Å². The van der Waals surface area contributed by atoms with Crippen LogP contribution < -0.4 is 19.9 Å². The Balaban J connectivity index is 1.88. The highest BCUT2D eigenvalue weighted by Gasteiger charge is 2.42. The van der Waals surface area contributed by atoms with Crippen molar-refractivity contribution in [2.45, 2.75) is 52.7 Å². The molecule has 8 nitrogen and oxygen atoms in total. The molecule has 0 aromatic heterocycles. The first-order chi connectivity index (χ1) is 19.2. The molecule has 3 aromatic rings. The van der Waals surface area contributed by atoms with Gasteiger partial charge in [-0.15, -0.1) is 0 Å². The van der Waals surface area contributed by atoms with E-state index in [9.17, 15) is 19.6 Å². The van der Waals surface area contributed by atoms with Crippen molar-refractivity contribution in [3.63, 3.8) is 0 Å². The second-order valence-electron chi connectivity index (χ2n) is 10.1. The Bertz CT molecular complexity index is 1460. The molecule has 0 aliphatic carbocycles. The van der Waals surface area contributed by atoms with Crippen molar-refractivity contribution >= 4 is 29.1 Å². The van der Waals surface area contributed by atoms with E-state index in [1.807, 2.05) is 55.5 Å². The number of methoxy groups -OCH3 is 1. The third-order valence-corrected chi connectivity index (χ3v) is 7.49. The number of benzene rings is 3. The fraction of sp³-hybridized carbons (Fsp3) is 0.312. The number of nitriles is 1. The van der Waals surface area contributed by atoms with Gasteiger partial charge < -0.3 is 19.9 Å². The molecule has 8 heteroatoms. The second-order valence-corrected chi connectivity index (χ2v) is 10.1. The quantitative estimate of drug-likeness (QED) is 0.453. The average Bonchev–Trinajstić information content (AvgIpc) is 3.05. The topological polar surface area (TPSA) is 103 Å². The number of rotatable bonds is 7. The van der Waals surface area contributed by atoms with Gasteiger partial charge in [0, 0.05) is 18.4 Å². The van der Waals surface area contributed by atoms with Crippen LogP contribution in [0, 0.1) is 17.2 Å². The molecule has 1 aliphatic heterocycles. The van der Waals surface area contributed by atoms with Crippen molar-refractivity contribution in [1.29, 1.82) is 5.26 Å². The third-order valence-electron chi connectivity index (χ3n) is 7.49. The number of nitrogens with zero attached hydrogens (tertiary/aromatic N) is 3. The number of carbonyl (C=O) groups excluding carboxylic acids is 3. The third kappa shape index (κ3) is 5.55. The second kappa shape index (κ2) is 12.0. The van der Waals surface area contributed by atoms with Gasteiger partial charge in [0.2, 0.25) is 11.8 Å². The van der Waals surface area contributed by atoms with Crippen LogP contribution in [0.15, 0.2) is 66.7 Å². The van der Waals surface area contributed by atoms with E-state index in [1.165, 1.54) is 11.8 Å². The number of anilines is 2. The summed E-state index contributed by atoms with van der Waals surface area (Å²) in [5.74, 6) is -0.624. The molecule has 0 unspecified atom stereocenters. The molecule has 1 N–H and O–H groups in total. The van der Waals surface area contributed by atoms with E-state index in [4.69, 9.17) is 4.74 Å². The van der Waals surface area contributed by atoms with E-state index in [1.54, 1.807) is 44.1 Å². The van der Waals surface area contributed by atoms with Crippen molar-refractivity contribution in [2.24, 2.45) is 5.92 Å². The molecule has 0 fully saturated rings. The van der Waals surface area contributed by atoms with Gasteiger partial charge in [-0.05, 0) is 54.8 Å². The lowest BCUT2D eigenvalue weighted by Crippen LogP contribution is -2.58. The van der Waals surface area contributed by atoms with Crippen LogP contribution in [-0.2, 0) is 20.9 Å². The van der Waals surface area contributed by atoms with Crippen molar-refractivity contribution in [3.8, 4) is 22.9 Å². The van der Waals surface area contributed by atoms with Crippen molar-refractivity contribution in [1.82, 2.24) is 5.32 Å². The van der Waals surface area contributed by atoms with E-state index in [-0.39, 0.29) is 30.2 Å². The van der Waals surface area contributed by atoms with Crippen LogP contribution in [0.25, 0.3) is 11.1 Å². The number of hydrogen-bond acceptors (Lipinski definition) is 5. The highest BCUT2D eigenvalue weighted by molar-refractivity contribution is 6.08. The van der Waals surface area contributed by atoms with Gasteiger partial charge in [-0.1, -0.05) is 50.2 Å². The zero-order chi connectivity index (χ0) is 29.0. The molecule has 0 saturated carbocycles. The highest BCUT2D eigenvalue weighted by atomic mass is 16.5. The number of hydrogen-bond donors (Lipinski definition) is 1. The first-order valence-corrected chi connectivity index (χ1v) is 13.4. The van der Waals surface area contributed by atoms with Crippen molar-refractivity contribution < 1.29 is 19.1 Å². The summed E-state index contributed by atoms with van der Waals surface area (Å²) in [5.41, 5.74) is 3.99. The van der Waals surface area contributed by atoms with Crippen LogP contribution in [0.3, 0.4) is 0 Å². The molecule has 1 heterocycles. The molecule has 0 bridgehead atoms. The summed E-state index contributed by atoms with van der Waals surface area (Å²) in [5, 5.41) is 12.5. The molecule has 1 aliphatic rings. The van der Waals surface area contributed by atoms with Crippen LogP contribution in [0.5, 0.6) is 5.75 Å². The normalized spacial score (nSPS) is 17.4. The minimum atomic E-state index is -1.01. The molecule has 3 atom stereocenters. The minimum Gasteiger partial charge on any atom is -0.496 e. The monoisotopic (exact) mass is 538 g/mol. The van der Waals surface area contributed by atoms with Gasteiger partial charge in [-0.3, -0.25) is 14.4 Å². The van der Waals surface area contributed by atoms with Gasteiger partial charge in [0.05, 0.1) is 42.7 Å². The van der Waals surface area contributed by atoms with E-state index >= 15 is 0 Å². The summed E-state index contributed by atoms with van der Waals surface area (Å²) in [6.45, 7) is 6.98. The predicted octanol–water partition coefficient (Wildman–Crippen LogP) is 5.05. The molecule has 40 heavy (non-hydrogen) atoms. The highest BCUT2D eigenvalue weighted by Crippen LogP contribution is 2.38. The maximum atomic E-state index is 14.3. The summed E-state index contributed by atoms with van der Waals surface area (Å²) in [7, 11) is 1.58. The number of fused-ring (bicyclic) bond motifs is 1. The molecule has 0 spiro atoms. The largest absolute Gasteiger partial charge is 0.496 e. The Kier molecular flexibility index (Phi) is 8.54. The SMILES string of the molecule is CC[C@@H](C)C(=O)N[C@@H]1C(=O)N(Cc2cc(-c3ccccc3)ccc2OC)c2ccc(C#N)cc2N(C(C)=O)[C@H]1C. The summed E-state index contributed by atoms with van der Waals surface area (Å²) in [4.78, 5) is 43.4. The fourth-order valence-corrected chi connectivity index (χ4v) is 5.04. The summed E-state index contributed by atoms with van der Waals surface area (Å²) in [6, 6.07) is 21.0. The maximum absolute atomic E-state index is 14.3. The molecule has 4 rings (SSSR count). The standard InChI is InChI=1S/C32H34N4O4/c1-6-20(2)31(38)34-30-21(3)36(22(4)37)28-16-23(18-33)12-14-27(28)35(32(30)39)19-26-17-25(13-15-29(26)40-5)24-10-8-7-9-11-24/h7-17,20-21,30H,6,19H2,1-5H3,(H,34,38)/t20-,21+,30+/m1/s1. The molecular weight excluding hydrogens is 504 g/mol. The Hall–Kier alpha value is -4.64. The number of ether oxygens (including phenoxy) is 1. The van der Waals surface area contributed by atoms with Crippen LogP contribution in [0.1, 0.15) is 45.2 Å². The Morgan fingerprint density at radius 3 is 2.40 bits per heavy atom. The first-order valence-electron chi connectivity index (χ1n) is 13.4. The number of nitrogens with one attached hydrogen (secondary N) is 1. The van der Waals surface area contributed by atoms with E-state index < -0.39 is 12.1 Å². The van der Waals surface area contributed by atoms with Gasteiger partial charge >= 0.3 is 0 Å². The summed E-state index contributed by atoms with van der Waals surface area (Å²) >= 11 is 0. The van der Waals surface area contributed by atoms with Gasteiger partial charge in [-0.25, -0.2) is 0 Å². The van der Waals surface area contributed by atoms with E-state index in [0.29, 0.717) is 29.1 Å². The fourth-order valence-electron chi connectivity index (χ4n) is 5.04.